The van der Waals surface area contributed by atoms with E-state index in [-0.39, 0.29) is 11.7 Å². The maximum Gasteiger partial charge on any atom is 0.169 e. The summed E-state index contributed by atoms with van der Waals surface area (Å²) in [6.45, 7) is 14.1. The van der Waals surface area contributed by atoms with E-state index in [0.29, 0.717) is 16.6 Å². The van der Waals surface area contributed by atoms with E-state index in [1.807, 2.05) is 12.1 Å². The zero-order valence-electron chi connectivity index (χ0n) is 20.6. The van der Waals surface area contributed by atoms with Crippen LogP contribution in [-0.2, 0) is 0 Å². The summed E-state index contributed by atoms with van der Waals surface area (Å²) in [6.07, 6.45) is 8.49. The highest BCUT2D eigenvalue weighted by Crippen LogP contribution is 2.46. The number of halogens is 1. The highest BCUT2D eigenvalue weighted by molar-refractivity contribution is 6.82. The maximum atomic E-state index is 14.6. The number of nitrogens with zero attached hydrogens (tertiary/aromatic N) is 1. The van der Waals surface area contributed by atoms with Crippen molar-refractivity contribution in [3.05, 3.63) is 83.8 Å². The second kappa shape index (κ2) is 8.84. The smallest absolute Gasteiger partial charge is 0.169 e. The molecule has 0 bridgehead atoms. The van der Waals surface area contributed by atoms with Crippen LogP contribution in [0.1, 0.15) is 58.6 Å². The lowest BCUT2D eigenvalue weighted by molar-refractivity contribution is 0.629. The van der Waals surface area contributed by atoms with Gasteiger partial charge in [-0.3, -0.25) is 0 Å². The van der Waals surface area contributed by atoms with Gasteiger partial charge in [-0.1, -0.05) is 89.9 Å². The van der Waals surface area contributed by atoms with Crippen LogP contribution in [0.25, 0.3) is 21.7 Å². The second-order valence-electron chi connectivity index (χ2n) is 10.1. The quantitative estimate of drug-likeness (QED) is 0.202. The number of hydrogen-bond acceptors (Lipinski definition) is 0. The normalized spacial score (nSPS) is 13.4. The van der Waals surface area contributed by atoms with Crippen LogP contribution in [0, 0.1) is 18.2 Å². The van der Waals surface area contributed by atoms with E-state index in [1.54, 1.807) is 12.1 Å². The predicted molar refractivity (Wildman–Crippen MR) is 143 cm³/mol. The van der Waals surface area contributed by atoms with E-state index in [0.717, 1.165) is 27.4 Å². The van der Waals surface area contributed by atoms with Gasteiger partial charge < -0.3 is 4.23 Å². The number of fused-ring (bicyclic) bond motifs is 2. The Labute approximate surface area is 198 Å². The van der Waals surface area contributed by atoms with Crippen molar-refractivity contribution < 1.29 is 4.39 Å². The van der Waals surface area contributed by atoms with Gasteiger partial charge in [-0.25, -0.2) is 4.39 Å². The van der Waals surface area contributed by atoms with Gasteiger partial charge in [-0.05, 0) is 56.7 Å². The average molecular weight is 456 g/mol. The molecule has 0 aliphatic carbocycles. The van der Waals surface area contributed by atoms with Crippen molar-refractivity contribution in [1.82, 2.24) is 4.23 Å². The number of terminal acetylenes is 1. The van der Waals surface area contributed by atoms with Crippen molar-refractivity contribution in [1.29, 1.82) is 0 Å². The molecule has 0 N–H and O–H groups in total. The van der Waals surface area contributed by atoms with E-state index in [9.17, 15) is 4.39 Å². The Morgan fingerprint density at radius 1 is 0.788 bits per heavy atom. The van der Waals surface area contributed by atoms with Crippen LogP contribution in [0.4, 0.5) is 4.39 Å². The minimum absolute atomic E-state index is 0.221. The van der Waals surface area contributed by atoms with Gasteiger partial charge in [0.15, 0.2) is 8.24 Å². The highest BCUT2D eigenvalue weighted by atomic mass is 28.3. The Bertz CT molecular complexity index is 1310. The molecule has 0 aliphatic rings. The molecule has 0 saturated carbocycles. The molecule has 0 aliphatic heterocycles. The van der Waals surface area contributed by atoms with E-state index in [2.05, 4.69) is 94.3 Å². The van der Waals surface area contributed by atoms with Gasteiger partial charge >= 0.3 is 0 Å². The Kier molecular flexibility index (Phi) is 6.25. The lowest BCUT2D eigenvalue weighted by atomic mass is 9.88. The van der Waals surface area contributed by atoms with Gasteiger partial charge in [0.05, 0.1) is 5.92 Å². The summed E-state index contributed by atoms with van der Waals surface area (Å²) in [5, 5.41) is 3.26. The van der Waals surface area contributed by atoms with Crippen molar-refractivity contribution in [2.45, 2.75) is 64.1 Å². The van der Waals surface area contributed by atoms with Crippen molar-refractivity contribution in [2.75, 3.05) is 0 Å². The fraction of sp³-hybridized carbons (Fsp3) is 0.333. The molecule has 0 unspecified atom stereocenters. The molecule has 0 spiro atoms. The molecule has 1 nitrogen and oxygen atoms in total. The molecule has 33 heavy (non-hydrogen) atoms. The lowest BCUT2D eigenvalue weighted by Gasteiger charge is -2.44. The summed E-state index contributed by atoms with van der Waals surface area (Å²) in [4.78, 5) is 0. The molecular weight excluding hydrogens is 421 g/mol. The first-order valence-electron chi connectivity index (χ1n) is 12.0. The molecule has 1 atom stereocenters. The fourth-order valence-electron chi connectivity index (χ4n) is 6.46. The molecule has 1 aromatic heterocycles. The fourth-order valence-corrected chi connectivity index (χ4v) is 13.1. The summed E-state index contributed by atoms with van der Waals surface area (Å²) < 4.78 is 17.1. The van der Waals surface area contributed by atoms with Gasteiger partial charge in [-0.2, -0.15) is 0 Å². The van der Waals surface area contributed by atoms with Crippen LogP contribution in [-0.4, -0.2) is 12.5 Å². The zero-order valence-corrected chi connectivity index (χ0v) is 21.6. The van der Waals surface area contributed by atoms with Crippen LogP contribution >= 0.6 is 0 Å². The van der Waals surface area contributed by atoms with Gasteiger partial charge in [0.2, 0.25) is 0 Å². The zero-order chi connectivity index (χ0) is 23.9. The number of hydrogen-bond donors (Lipinski definition) is 0. The van der Waals surface area contributed by atoms with Crippen LogP contribution in [0.15, 0.2) is 66.9 Å². The van der Waals surface area contributed by atoms with E-state index in [4.69, 9.17) is 6.42 Å². The van der Waals surface area contributed by atoms with Crippen LogP contribution in [0.3, 0.4) is 0 Å². The van der Waals surface area contributed by atoms with Crippen molar-refractivity contribution >= 4 is 29.9 Å². The van der Waals surface area contributed by atoms with Gasteiger partial charge in [-0.15, -0.1) is 6.42 Å². The SMILES string of the molecule is C#C[C@@H](c1cccc2ccccc12)c1cn([Si](C(C)C)(C(C)C)C(C)C)c2ccc(F)cc12. The molecule has 0 saturated heterocycles. The first kappa shape index (κ1) is 23.3. The Morgan fingerprint density at radius 3 is 2.06 bits per heavy atom. The molecule has 3 aromatic carbocycles. The molecule has 170 valence electrons. The maximum absolute atomic E-state index is 14.6. The predicted octanol–water partition coefficient (Wildman–Crippen LogP) is 8.72. The number of rotatable bonds is 6. The lowest BCUT2D eigenvalue weighted by Crippen LogP contribution is -2.51. The van der Waals surface area contributed by atoms with E-state index < -0.39 is 8.24 Å². The summed E-state index contributed by atoms with van der Waals surface area (Å²) in [5.74, 6) is 2.60. The first-order valence-corrected chi connectivity index (χ1v) is 14.2. The molecule has 4 rings (SSSR count). The molecule has 4 aromatic rings. The largest absolute Gasteiger partial charge is 0.373 e. The summed E-state index contributed by atoms with van der Waals surface area (Å²) in [5.41, 5.74) is 4.80. The van der Waals surface area contributed by atoms with E-state index >= 15 is 0 Å². The monoisotopic (exact) mass is 455 g/mol. The van der Waals surface area contributed by atoms with Crippen LogP contribution < -0.4 is 0 Å². The highest BCUT2D eigenvalue weighted by Gasteiger charge is 2.46. The van der Waals surface area contributed by atoms with Crippen molar-refractivity contribution in [3.8, 4) is 12.3 Å². The number of aromatic nitrogens is 1. The summed E-state index contributed by atoms with van der Waals surface area (Å²) in [7, 11) is -2.05. The number of benzene rings is 3. The minimum Gasteiger partial charge on any atom is -0.373 e. The van der Waals surface area contributed by atoms with Crippen LogP contribution in [0.2, 0.25) is 16.6 Å². The molecule has 0 radical (unpaired) electrons. The van der Waals surface area contributed by atoms with Gasteiger partial charge in [0, 0.05) is 17.1 Å². The standard InChI is InChI=1S/C30H34FNSi/c1-8-25(27-15-11-13-23-12-9-10-14-26(23)27)29-19-32(30-17-16-24(31)18-28(29)30)33(20(2)3,21(4)5)22(6)7/h1,9-22,25H,2-7H3/t25-/m0/s1. The van der Waals surface area contributed by atoms with Crippen molar-refractivity contribution in [2.24, 2.45) is 0 Å². The Balaban J connectivity index is 2.07. The second-order valence-corrected chi connectivity index (χ2v) is 15.9. The minimum atomic E-state index is -2.05. The van der Waals surface area contributed by atoms with Gasteiger partial charge in [0.25, 0.3) is 0 Å². The van der Waals surface area contributed by atoms with E-state index in [1.165, 1.54) is 5.39 Å². The average Bonchev–Trinajstić information content (AvgIpc) is 3.12. The summed E-state index contributed by atoms with van der Waals surface area (Å²) in [6, 6.07) is 19.9. The van der Waals surface area contributed by atoms with Gasteiger partial charge in [0.1, 0.15) is 5.82 Å². The molecule has 0 amide bonds. The molecule has 3 heteroatoms. The molecular formula is C30H34FNSi. The topological polar surface area (TPSA) is 4.93 Å². The summed E-state index contributed by atoms with van der Waals surface area (Å²) >= 11 is 0. The molecule has 1 heterocycles. The van der Waals surface area contributed by atoms with Crippen LogP contribution in [0.5, 0.6) is 0 Å². The third kappa shape index (κ3) is 3.61. The third-order valence-corrected chi connectivity index (χ3v) is 14.4. The van der Waals surface area contributed by atoms with Crippen molar-refractivity contribution in [3.63, 3.8) is 0 Å². The third-order valence-electron chi connectivity index (χ3n) is 7.60. The first-order chi connectivity index (χ1) is 15.7. The molecule has 0 fully saturated rings. The Hall–Kier alpha value is -2.83. The Morgan fingerprint density at radius 2 is 1.42 bits per heavy atom.